The van der Waals surface area contributed by atoms with Crippen molar-refractivity contribution in [3.05, 3.63) is 41.5 Å². The maximum Gasteiger partial charge on any atom is 0.450 e. The third-order valence-electron chi connectivity index (χ3n) is 2.94. The average Bonchev–Trinajstić information content (AvgIpc) is 2.49. The Hall–Kier alpha value is -2.64. The highest BCUT2D eigenvalue weighted by Crippen LogP contribution is 2.19. The standard InChI is InChI=1S/C18H20F3NO4/c1-17(2,3)26-16(25)22-10-4-5-12-6-8-13(9-7-12)14(23)11-15(24)18(19,20)21/h4-9H,10-11H2,1-3H3,(H,22,25). The highest BCUT2D eigenvalue weighted by molar-refractivity contribution is 6.09. The van der Waals surface area contributed by atoms with Gasteiger partial charge in [-0.2, -0.15) is 13.2 Å². The molecule has 0 unspecified atom stereocenters. The van der Waals surface area contributed by atoms with Crippen LogP contribution in [0, 0.1) is 0 Å². The van der Waals surface area contributed by atoms with Crippen molar-refractivity contribution in [3.63, 3.8) is 0 Å². The lowest BCUT2D eigenvalue weighted by Gasteiger charge is -2.19. The van der Waals surface area contributed by atoms with E-state index in [0.29, 0.717) is 5.56 Å². The van der Waals surface area contributed by atoms with E-state index in [2.05, 4.69) is 5.32 Å². The van der Waals surface area contributed by atoms with Crippen molar-refractivity contribution in [2.45, 2.75) is 39.0 Å². The van der Waals surface area contributed by atoms with Crippen LogP contribution >= 0.6 is 0 Å². The second-order valence-corrected chi connectivity index (χ2v) is 6.43. The van der Waals surface area contributed by atoms with Gasteiger partial charge in [0.05, 0.1) is 6.42 Å². The predicted molar refractivity (Wildman–Crippen MR) is 89.7 cm³/mol. The summed E-state index contributed by atoms with van der Waals surface area (Å²) in [5.41, 5.74) is 0.102. The van der Waals surface area contributed by atoms with Gasteiger partial charge in [-0.25, -0.2) is 4.79 Å². The number of alkyl halides is 3. The van der Waals surface area contributed by atoms with Gasteiger partial charge in [-0.15, -0.1) is 0 Å². The lowest BCUT2D eigenvalue weighted by molar-refractivity contribution is -0.170. The van der Waals surface area contributed by atoms with Gasteiger partial charge in [0.15, 0.2) is 5.78 Å². The number of ketones is 2. The molecule has 0 atom stereocenters. The third-order valence-corrected chi connectivity index (χ3v) is 2.94. The molecule has 1 amide bonds. The summed E-state index contributed by atoms with van der Waals surface area (Å²) in [6, 6.07) is 5.73. The predicted octanol–water partition coefficient (Wildman–Crippen LogP) is 3.93. The first-order valence-corrected chi connectivity index (χ1v) is 7.75. The van der Waals surface area contributed by atoms with Crippen molar-refractivity contribution in [2.24, 2.45) is 0 Å². The summed E-state index contributed by atoms with van der Waals surface area (Å²) >= 11 is 0. The highest BCUT2D eigenvalue weighted by Gasteiger charge is 2.39. The molecule has 142 valence electrons. The summed E-state index contributed by atoms with van der Waals surface area (Å²) < 4.78 is 41.5. The number of carbonyl (C=O) groups excluding carboxylic acids is 3. The van der Waals surface area contributed by atoms with E-state index in [0.717, 1.165) is 0 Å². The van der Waals surface area contributed by atoms with Crippen molar-refractivity contribution in [3.8, 4) is 0 Å². The zero-order valence-electron chi connectivity index (χ0n) is 14.6. The van der Waals surface area contributed by atoms with Crippen LogP contribution in [0.2, 0.25) is 0 Å². The first-order chi connectivity index (χ1) is 11.9. The summed E-state index contributed by atoms with van der Waals surface area (Å²) in [5, 5.41) is 2.53. The molecule has 0 aliphatic rings. The molecule has 8 heteroatoms. The first kappa shape index (κ1) is 21.4. The Bertz CT molecular complexity index is 686. The van der Waals surface area contributed by atoms with Gasteiger partial charge >= 0.3 is 12.3 Å². The van der Waals surface area contributed by atoms with Crippen molar-refractivity contribution < 1.29 is 32.3 Å². The van der Waals surface area contributed by atoms with E-state index in [9.17, 15) is 27.6 Å². The number of ether oxygens (including phenoxy) is 1. The average molecular weight is 371 g/mol. The summed E-state index contributed by atoms with van der Waals surface area (Å²) in [7, 11) is 0. The Morgan fingerprint density at radius 3 is 2.15 bits per heavy atom. The Labute approximate surface area is 149 Å². The van der Waals surface area contributed by atoms with Gasteiger partial charge in [-0.3, -0.25) is 9.59 Å². The number of benzene rings is 1. The van der Waals surface area contributed by atoms with Gasteiger partial charge in [-0.05, 0) is 26.3 Å². The second-order valence-electron chi connectivity index (χ2n) is 6.43. The fraction of sp³-hybridized carbons (Fsp3) is 0.389. The number of amides is 1. The molecule has 5 nitrogen and oxygen atoms in total. The topological polar surface area (TPSA) is 72.5 Å². The summed E-state index contributed by atoms with van der Waals surface area (Å²) in [6.07, 6.45) is -3.48. The molecule has 1 aromatic rings. The maximum absolute atomic E-state index is 12.2. The normalized spacial score (nSPS) is 12.1. The first-order valence-electron chi connectivity index (χ1n) is 7.75. The molecule has 0 bridgehead atoms. The van der Waals surface area contributed by atoms with Crippen molar-refractivity contribution in [1.29, 1.82) is 0 Å². The number of nitrogens with one attached hydrogen (secondary N) is 1. The van der Waals surface area contributed by atoms with Gasteiger partial charge < -0.3 is 10.1 Å². The van der Waals surface area contributed by atoms with Gasteiger partial charge in [0.25, 0.3) is 0 Å². The molecule has 0 spiro atoms. The van der Waals surface area contributed by atoms with E-state index in [-0.39, 0.29) is 12.1 Å². The second kappa shape index (κ2) is 8.64. The molecule has 0 aliphatic carbocycles. The molecule has 26 heavy (non-hydrogen) atoms. The Morgan fingerprint density at radius 1 is 1.08 bits per heavy atom. The monoisotopic (exact) mass is 371 g/mol. The van der Waals surface area contributed by atoms with E-state index < -0.39 is 35.9 Å². The minimum Gasteiger partial charge on any atom is -0.444 e. The van der Waals surface area contributed by atoms with Gasteiger partial charge in [0.2, 0.25) is 5.78 Å². The van der Waals surface area contributed by atoms with E-state index in [1.165, 1.54) is 24.3 Å². The maximum atomic E-state index is 12.2. The van der Waals surface area contributed by atoms with Gasteiger partial charge in [-0.1, -0.05) is 36.4 Å². The van der Waals surface area contributed by atoms with E-state index in [1.807, 2.05) is 0 Å². The largest absolute Gasteiger partial charge is 0.450 e. The van der Waals surface area contributed by atoms with Crippen LogP contribution in [0.25, 0.3) is 6.08 Å². The lowest BCUT2D eigenvalue weighted by atomic mass is 10.0. The van der Waals surface area contributed by atoms with Crippen LogP contribution in [0.4, 0.5) is 18.0 Å². The number of carbonyl (C=O) groups is 3. The number of hydrogen-bond donors (Lipinski definition) is 1. The van der Waals surface area contributed by atoms with Crippen molar-refractivity contribution >= 4 is 23.7 Å². The Kier molecular flexibility index (Phi) is 7.11. The molecule has 0 fully saturated rings. The molecule has 0 aromatic heterocycles. The lowest BCUT2D eigenvalue weighted by Crippen LogP contribution is -2.32. The smallest absolute Gasteiger partial charge is 0.444 e. The highest BCUT2D eigenvalue weighted by atomic mass is 19.4. The minimum absolute atomic E-state index is 0.0200. The number of halogens is 3. The molecule has 0 aliphatic heterocycles. The molecular weight excluding hydrogens is 351 g/mol. The fourth-order valence-electron chi connectivity index (χ4n) is 1.78. The van der Waals surface area contributed by atoms with Crippen LogP contribution in [-0.4, -0.2) is 36.0 Å². The van der Waals surface area contributed by atoms with Gasteiger partial charge in [0.1, 0.15) is 5.60 Å². The zero-order valence-corrected chi connectivity index (χ0v) is 14.6. The van der Waals surface area contributed by atoms with Crippen molar-refractivity contribution in [2.75, 3.05) is 6.54 Å². The van der Waals surface area contributed by atoms with Crippen LogP contribution < -0.4 is 5.32 Å². The molecule has 1 N–H and O–H groups in total. The fourth-order valence-corrected chi connectivity index (χ4v) is 1.78. The van der Waals surface area contributed by atoms with Crippen LogP contribution in [0.15, 0.2) is 30.3 Å². The van der Waals surface area contributed by atoms with E-state index in [4.69, 9.17) is 4.74 Å². The van der Waals surface area contributed by atoms with Crippen LogP contribution in [0.3, 0.4) is 0 Å². The molecule has 1 rings (SSSR count). The summed E-state index contributed by atoms with van der Waals surface area (Å²) in [4.78, 5) is 33.9. The quantitative estimate of drug-likeness (QED) is 0.608. The number of hydrogen-bond acceptors (Lipinski definition) is 4. The zero-order chi connectivity index (χ0) is 20.0. The van der Waals surface area contributed by atoms with Crippen LogP contribution in [-0.2, 0) is 9.53 Å². The summed E-state index contributed by atoms with van der Waals surface area (Å²) in [5.74, 6) is -2.96. The molecule has 0 heterocycles. The number of alkyl carbamates (subject to hydrolysis) is 1. The Morgan fingerprint density at radius 2 is 1.65 bits per heavy atom. The van der Waals surface area contributed by atoms with Crippen LogP contribution in [0.1, 0.15) is 43.1 Å². The van der Waals surface area contributed by atoms with Gasteiger partial charge in [0, 0.05) is 12.1 Å². The SMILES string of the molecule is CC(C)(C)OC(=O)NCC=Cc1ccc(C(=O)CC(=O)C(F)(F)F)cc1. The molecule has 1 aromatic carbocycles. The van der Waals surface area contributed by atoms with Crippen molar-refractivity contribution in [1.82, 2.24) is 5.32 Å². The molecule has 0 saturated carbocycles. The van der Waals surface area contributed by atoms with E-state index in [1.54, 1.807) is 32.9 Å². The minimum atomic E-state index is -5.01. The number of Topliss-reactive ketones (excluding diaryl/α,β-unsaturated/α-hetero) is 2. The molecular formula is C18H20F3NO4. The van der Waals surface area contributed by atoms with Crippen LogP contribution in [0.5, 0.6) is 0 Å². The summed E-state index contributed by atoms with van der Waals surface area (Å²) in [6.45, 7) is 5.45. The molecule has 0 saturated heterocycles. The Balaban J connectivity index is 2.53. The number of rotatable bonds is 6. The third kappa shape index (κ3) is 7.96. The molecule has 0 radical (unpaired) electrons. The van der Waals surface area contributed by atoms with E-state index >= 15 is 0 Å².